The summed E-state index contributed by atoms with van der Waals surface area (Å²) in [5.74, 6) is -0.486. The van der Waals surface area contributed by atoms with Crippen LogP contribution in [0.1, 0.15) is 29.5 Å². The van der Waals surface area contributed by atoms with Gasteiger partial charge in [0.25, 0.3) is 0 Å². The highest BCUT2D eigenvalue weighted by Crippen LogP contribution is 2.42. The Morgan fingerprint density at radius 2 is 1.85 bits per heavy atom. The van der Waals surface area contributed by atoms with E-state index < -0.39 is 11.4 Å². The van der Waals surface area contributed by atoms with E-state index in [1.54, 1.807) is 6.07 Å². The van der Waals surface area contributed by atoms with Crippen LogP contribution in [-0.4, -0.2) is 35.3 Å². The maximum Gasteiger partial charge on any atom is 0.124 e. The molecule has 0 saturated carbocycles. The fourth-order valence-electron chi connectivity index (χ4n) is 4.26. The molecule has 0 radical (unpaired) electrons. The fraction of sp³-hybridized carbons (Fsp3) is 0.381. The van der Waals surface area contributed by atoms with E-state index in [0.717, 1.165) is 6.54 Å². The minimum Gasteiger partial charge on any atom is -0.385 e. The molecular formula is C21H21FN2O2. The second-order valence-corrected chi connectivity index (χ2v) is 7.28. The fourth-order valence-corrected chi connectivity index (χ4v) is 4.26. The first-order valence-corrected chi connectivity index (χ1v) is 8.88. The lowest BCUT2D eigenvalue weighted by Crippen LogP contribution is -2.60. The van der Waals surface area contributed by atoms with Crippen LogP contribution in [0.15, 0.2) is 48.5 Å². The number of nitrogens with zero attached hydrogens (tertiary/aromatic N) is 2. The van der Waals surface area contributed by atoms with Gasteiger partial charge in [0.05, 0.1) is 30.4 Å². The largest absolute Gasteiger partial charge is 0.385 e. The number of piperidine rings is 1. The number of nitriles is 1. The molecule has 5 heteroatoms. The summed E-state index contributed by atoms with van der Waals surface area (Å²) >= 11 is 0. The van der Waals surface area contributed by atoms with Gasteiger partial charge in [-0.2, -0.15) is 5.26 Å². The van der Waals surface area contributed by atoms with Crippen molar-refractivity contribution in [3.8, 4) is 6.07 Å². The van der Waals surface area contributed by atoms with Crippen LogP contribution in [0.2, 0.25) is 0 Å². The van der Waals surface area contributed by atoms with Crippen LogP contribution in [0.5, 0.6) is 0 Å². The third-order valence-corrected chi connectivity index (χ3v) is 5.48. The topological polar surface area (TPSA) is 56.5 Å². The highest BCUT2D eigenvalue weighted by molar-refractivity contribution is 5.37. The molecule has 134 valence electrons. The number of fused-ring (bicyclic) bond motifs is 2. The Morgan fingerprint density at radius 3 is 2.50 bits per heavy atom. The number of ether oxygens (including phenoxy) is 1. The molecule has 2 aliphatic rings. The summed E-state index contributed by atoms with van der Waals surface area (Å²) < 4.78 is 19.6. The molecule has 2 unspecified atom stereocenters. The number of hydrogen-bond acceptors (Lipinski definition) is 4. The Labute approximate surface area is 152 Å². The molecule has 26 heavy (non-hydrogen) atoms. The van der Waals surface area contributed by atoms with E-state index in [2.05, 4.69) is 17.0 Å². The van der Waals surface area contributed by atoms with Gasteiger partial charge in [-0.1, -0.05) is 30.3 Å². The lowest BCUT2D eigenvalue weighted by Gasteiger charge is -2.52. The van der Waals surface area contributed by atoms with Gasteiger partial charge in [0.1, 0.15) is 5.82 Å². The second kappa shape index (κ2) is 6.81. The maximum atomic E-state index is 13.9. The summed E-state index contributed by atoms with van der Waals surface area (Å²) in [6.45, 7) is 1.90. The highest BCUT2D eigenvalue weighted by atomic mass is 19.1. The summed E-state index contributed by atoms with van der Waals surface area (Å²) in [5.41, 5.74) is 0.819. The molecule has 2 aromatic carbocycles. The molecule has 0 amide bonds. The first kappa shape index (κ1) is 17.2. The summed E-state index contributed by atoms with van der Waals surface area (Å²) in [7, 11) is 0. The summed E-state index contributed by atoms with van der Waals surface area (Å²) in [6.07, 6.45) is 0.926. The zero-order chi connectivity index (χ0) is 18.1. The van der Waals surface area contributed by atoms with Gasteiger partial charge in [-0.25, -0.2) is 4.39 Å². The summed E-state index contributed by atoms with van der Waals surface area (Å²) in [6, 6.07) is 16.5. The number of hydrogen-bond donors (Lipinski definition) is 1. The van der Waals surface area contributed by atoms with Crippen molar-refractivity contribution in [3.05, 3.63) is 71.0 Å². The predicted octanol–water partition coefficient (Wildman–Crippen LogP) is 2.95. The molecule has 2 fully saturated rings. The van der Waals surface area contributed by atoms with Crippen LogP contribution < -0.4 is 0 Å². The quantitative estimate of drug-likeness (QED) is 0.923. The van der Waals surface area contributed by atoms with Crippen LogP contribution in [-0.2, 0) is 16.9 Å². The Balaban J connectivity index is 1.61. The Kier molecular flexibility index (Phi) is 4.49. The van der Waals surface area contributed by atoms with E-state index in [1.807, 2.05) is 24.3 Å². The van der Waals surface area contributed by atoms with E-state index in [1.165, 1.54) is 17.7 Å². The normalized spacial score (nSPS) is 28.5. The van der Waals surface area contributed by atoms with Gasteiger partial charge in [-0.3, -0.25) is 4.90 Å². The lowest BCUT2D eigenvalue weighted by molar-refractivity contribution is -0.149. The SMILES string of the molecule is N#Cc1cc(F)cc(C2(O)CC3COCC(C2)N3Cc2ccccc2)c1. The van der Waals surface area contributed by atoms with E-state index in [4.69, 9.17) is 10.00 Å². The molecule has 1 N–H and O–H groups in total. The van der Waals surface area contributed by atoms with Crippen LogP contribution in [0, 0.1) is 17.1 Å². The number of morpholine rings is 1. The standard InChI is InChI=1S/C21H21FN2O2/c22-18-7-16(11-23)6-17(8-18)21(25)9-19-13-26-14-20(10-21)24(19)12-15-4-2-1-3-5-15/h1-8,19-20,25H,9-10,12-14H2. The number of aliphatic hydroxyl groups is 1. The Morgan fingerprint density at radius 1 is 1.15 bits per heavy atom. The van der Waals surface area contributed by atoms with E-state index in [0.29, 0.717) is 31.6 Å². The van der Waals surface area contributed by atoms with Crippen molar-refractivity contribution in [2.45, 2.75) is 37.1 Å². The van der Waals surface area contributed by atoms with Gasteiger partial charge >= 0.3 is 0 Å². The van der Waals surface area contributed by atoms with E-state index >= 15 is 0 Å². The molecule has 2 atom stereocenters. The Hall–Kier alpha value is -2.26. The van der Waals surface area contributed by atoms with Gasteiger partial charge < -0.3 is 9.84 Å². The lowest BCUT2D eigenvalue weighted by atomic mass is 9.76. The summed E-state index contributed by atoms with van der Waals surface area (Å²) in [5, 5.41) is 20.4. The summed E-state index contributed by atoms with van der Waals surface area (Å²) in [4.78, 5) is 2.39. The van der Waals surface area contributed by atoms with Gasteiger partial charge in [0, 0.05) is 18.6 Å². The predicted molar refractivity (Wildman–Crippen MR) is 94.6 cm³/mol. The zero-order valence-corrected chi connectivity index (χ0v) is 14.4. The van der Waals surface area contributed by atoms with Crippen molar-refractivity contribution < 1.29 is 14.2 Å². The monoisotopic (exact) mass is 352 g/mol. The zero-order valence-electron chi connectivity index (χ0n) is 14.4. The van der Waals surface area contributed by atoms with Crippen LogP contribution in [0.25, 0.3) is 0 Å². The molecule has 4 rings (SSSR count). The number of halogens is 1. The van der Waals surface area contributed by atoms with Crippen molar-refractivity contribution in [1.82, 2.24) is 4.90 Å². The van der Waals surface area contributed by atoms with Crippen molar-refractivity contribution in [2.24, 2.45) is 0 Å². The first-order valence-electron chi connectivity index (χ1n) is 8.88. The van der Waals surface area contributed by atoms with E-state index in [-0.39, 0.29) is 17.6 Å². The average Bonchev–Trinajstić information content (AvgIpc) is 2.63. The minimum absolute atomic E-state index is 0.0570. The Bertz CT molecular complexity index is 820. The molecule has 2 aromatic rings. The molecule has 4 nitrogen and oxygen atoms in total. The molecular weight excluding hydrogens is 331 g/mol. The molecule has 0 aromatic heterocycles. The molecule has 0 aliphatic carbocycles. The molecule has 0 spiro atoms. The van der Waals surface area contributed by atoms with Crippen LogP contribution in [0.4, 0.5) is 4.39 Å². The molecule has 2 aliphatic heterocycles. The van der Waals surface area contributed by atoms with Gasteiger partial charge in [-0.15, -0.1) is 0 Å². The maximum absolute atomic E-state index is 13.9. The van der Waals surface area contributed by atoms with Gasteiger partial charge in [0.15, 0.2) is 0 Å². The smallest absolute Gasteiger partial charge is 0.124 e. The second-order valence-electron chi connectivity index (χ2n) is 7.28. The minimum atomic E-state index is -1.14. The third kappa shape index (κ3) is 3.24. The number of benzene rings is 2. The third-order valence-electron chi connectivity index (χ3n) is 5.48. The van der Waals surface area contributed by atoms with Gasteiger partial charge in [0.2, 0.25) is 0 Å². The first-order chi connectivity index (χ1) is 12.6. The van der Waals surface area contributed by atoms with Crippen molar-refractivity contribution in [3.63, 3.8) is 0 Å². The van der Waals surface area contributed by atoms with Crippen molar-refractivity contribution in [1.29, 1.82) is 5.26 Å². The van der Waals surface area contributed by atoms with Crippen LogP contribution in [0.3, 0.4) is 0 Å². The van der Waals surface area contributed by atoms with Crippen LogP contribution >= 0.6 is 0 Å². The average molecular weight is 352 g/mol. The van der Waals surface area contributed by atoms with E-state index in [9.17, 15) is 9.50 Å². The van der Waals surface area contributed by atoms with Gasteiger partial charge in [-0.05, 0) is 42.2 Å². The molecule has 2 bridgehead atoms. The number of rotatable bonds is 3. The van der Waals surface area contributed by atoms with Crippen molar-refractivity contribution in [2.75, 3.05) is 13.2 Å². The van der Waals surface area contributed by atoms with Crippen molar-refractivity contribution >= 4 is 0 Å². The molecule has 2 saturated heterocycles. The molecule has 2 heterocycles. The highest BCUT2D eigenvalue weighted by Gasteiger charge is 2.47.